The average molecular weight is 334 g/mol. The summed E-state index contributed by atoms with van der Waals surface area (Å²) in [7, 11) is 0. The summed E-state index contributed by atoms with van der Waals surface area (Å²) in [5.41, 5.74) is 1.65. The zero-order valence-electron chi connectivity index (χ0n) is 14.1. The highest BCUT2D eigenvalue weighted by atomic mass is 35.5. The summed E-state index contributed by atoms with van der Waals surface area (Å²) >= 11 is 6.36. The number of rotatable bonds is 6. The maximum Gasteiger partial charge on any atom is 0.269 e. The largest absolute Gasteiger partial charge is 0.348 e. The Balaban J connectivity index is 2.21. The SMILES string of the molecule is CCn1nccc1C(=O)NC(C)C(c1ccccc1Cl)C(C)C. The third-order valence-corrected chi connectivity index (χ3v) is 4.47. The summed E-state index contributed by atoms with van der Waals surface area (Å²) in [6.07, 6.45) is 1.65. The molecule has 2 rings (SSSR count). The van der Waals surface area contributed by atoms with Crippen molar-refractivity contribution in [3.63, 3.8) is 0 Å². The van der Waals surface area contributed by atoms with E-state index < -0.39 is 0 Å². The van der Waals surface area contributed by atoms with Gasteiger partial charge in [-0.25, -0.2) is 0 Å². The first-order valence-corrected chi connectivity index (χ1v) is 8.40. The Morgan fingerprint density at radius 1 is 1.26 bits per heavy atom. The second-order valence-electron chi connectivity index (χ2n) is 6.09. The van der Waals surface area contributed by atoms with E-state index in [0.29, 0.717) is 18.2 Å². The summed E-state index contributed by atoms with van der Waals surface area (Å²) < 4.78 is 1.70. The first-order chi connectivity index (χ1) is 11.0. The molecule has 1 amide bonds. The fourth-order valence-electron chi connectivity index (χ4n) is 3.10. The molecule has 2 aromatic rings. The van der Waals surface area contributed by atoms with E-state index in [1.165, 1.54) is 0 Å². The van der Waals surface area contributed by atoms with Crippen LogP contribution in [0.4, 0.5) is 0 Å². The number of nitrogens with zero attached hydrogens (tertiary/aromatic N) is 2. The molecule has 0 fully saturated rings. The van der Waals surface area contributed by atoms with E-state index in [4.69, 9.17) is 11.6 Å². The van der Waals surface area contributed by atoms with Crippen molar-refractivity contribution in [1.82, 2.24) is 15.1 Å². The van der Waals surface area contributed by atoms with Crippen LogP contribution in [-0.2, 0) is 6.54 Å². The van der Waals surface area contributed by atoms with Gasteiger partial charge in [-0.3, -0.25) is 9.48 Å². The van der Waals surface area contributed by atoms with Crippen LogP contribution in [0.1, 0.15) is 49.7 Å². The maximum absolute atomic E-state index is 12.5. The summed E-state index contributed by atoms with van der Waals surface area (Å²) in [5, 5.41) is 8.00. The molecular weight excluding hydrogens is 310 g/mol. The minimum atomic E-state index is -0.102. The van der Waals surface area contributed by atoms with Gasteiger partial charge in [0, 0.05) is 29.7 Å². The van der Waals surface area contributed by atoms with Crippen LogP contribution in [0.3, 0.4) is 0 Å². The molecule has 2 atom stereocenters. The van der Waals surface area contributed by atoms with Gasteiger partial charge >= 0.3 is 0 Å². The van der Waals surface area contributed by atoms with E-state index in [1.54, 1.807) is 16.9 Å². The molecule has 2 unspecified atom stereocenters. The number of amides is 1. The lowest BCUT2D eigenvalue weighted by Gasteiger charge is -2.29. The van der Waals surface area contributed by atoms with Gasteiger partial charge in [0.15, 0.2) is 0 Å². The Hall–Kier alpha value is -1.81. The lowest BCUT2D eigenvalue weighted by Crippen LogP contribution is -2.39. The number of carbonyl (C=O) groups is 1. The van der Waals surface area contributed by atoms with Gasteiger partial charge in [0.1, 0.15) is 5.69 Å². The molecule has 1 aromatic heterocycles. The minimum Gasteiger partial charge on any atom is -0.348 e. The molecule has 1 heterocycles. The van der Waals surface area contributed by atoms with E-state index in [9.17, 15) is 4.79 Å². The van der Waals surface area contributed by atoms with E-state index in [-0.39, 0.29) is 17.9 Å². The average Bonchev–Trinajstić information content (AvgIpc) is 2.97. The van der Waals surface area contributed by atoms with Crippen LogP contribution in [0.5, 0.6) is 0 Å². The van der Waals surface area contributed by atoms with Crippen molar-refractivity contribution in [3.05, 3.63) is 52.8 Å². The molecule has 1 aromatic carbocycles. The number of nitrogens with one attached hydrogen (secondary N) is 1. The third kappa shape index (κ3) is 3.94. The summed E-state index contributed by atoms with van der Waals surface area (Å²) in [6, 6.07) is 9.54. The van der Waals surface area contributed by atoms with Crippen molar-refractivity contribution in [2.24, 2.45) is 5.92 Å². The molecule has 4 nitrogen and oxygen atoms in total. The van der Waals surface area contributed by atoms with E-state index in [0.717, 1.165) is 10.6 Å². The maximum atomic E-state index is 12.5. The minimum absolute atomic E-state index is 0.0393. The van der Waals surface area contributed by atoms with Gasteiger partial charge in [-0.15, -0.1) is 0 Å². The van der Waals surface area contributed by atoms with Crippen molar-refractivity contribution in [3.8, 4) is 0 Å². The van der Waals surface area contributed by atoms with Crippen molar-refractivity contribution in [2.75, 3.05) is 0 Å². The monoisotopic (exact) mass is 333 g/mol. The number of carbonyl (C=O) groups excluding carboxylic acids is 1. The molecule has 23 heavy (non-hydrogen) atoms. The first kappa shape index (κ1) is 17.5. The van der Waals surface area contributed by atoms with E-state index in [2.05, 4.69) is 24.3 Å². The second-order valence-corrected chi connectivity index (χ2v) is 6.49. The highest BCUT2D eigenvalue weighted by Gasteiger charge is 2.26. The fourth-order valence-corrected chi connectivity index (χ4v) is 3.36. The van der Waals surface area contributed by atoms with Gasteiger partial charge in [0.2, 0.25) is 0 Å². The third-order valence-electron chi connectivity index (χ3n) is 4.13. The Kier molecular flexibility index (Phi) is 5.83. The predicted octanol–water partition coefficient (Wildman–Crippen LogP) is 4.11. The van der Waals surface area contributed by atoms with Crippen molar-refractivity contribution < 1.29 is 4.79 Å². The van der Waals surface area contributed by atoms with Crippen LogP contribution in [0.15, 0.2) is 36.5 Å². The van der Waals surface area contributed by atoms with Crippen molar-refractivity contribution in [1.29, 1.82) is 0 Å². The molecule has 0 aliphatic heterocycles. The molecule has 0 radical (unpaired) electrons. The molecule has 0 bridgehead atoms. The van der Waals surface area contributed by atoms with Gasteiger partial charge in [-0.2, -0.15) is 5.10 Å². The predicted molar refractivity (Wildman–Crippen MR) is 93.9 cm³/mol. The fraction of sp³-hybridized carbons (Fsp3) is 0.444. The zero-order chi connectivity index (χ0) is 17.0. The van der Waals surface area contributed by atoms with E-state index in [1.807, 2.05) is 38.1 Å². The van der Waals surface area contributed by atoms with Gasteiger partial charge < -0.3 is 5.32 Å². The highest BCUT2D eigenvalue weighted by molar-refractivity contribution is 6.31. The van der Waals surface area contributed by atoms with Crippen LogP contribution in [0, 0.1) is 5.92 Å². The van der Waals surface area contributed by atoms with Gasteiger partial charge in [0.05, 0.1) is 0 Å². The van der Waals surface area contributed by atoms with Gasteiger partial charge in [-0.1, -0.05) is 43.6 Å². The van der Waals surface area contributed by atoms with Crippen molar-refractivity contribution in [2.45, 2.75) is 46.2 Å². The number of hydrogen-bond acceptors (Lipinski definition) is 2. The number of benzene rings is 1. The van der Waals surface area contributed by atoms with Crippen LogP contribution < -0.4 is 5.32 Å². The molecular formula is C18H24ClN3O. The van der Waals surface area contributed by atoms with E-state index >= 15 is 0 Å². The molecule has 0 aliphatic rings. The lowest BCUT2D eigenvalue weighted by molar-refractivity contribution is 0.0919. The molecule has 1 N–H and O–H groups in total. The van der Waals surface area contributed by atoms with Crippen molar-refractivity contribution >= 4 is 17.5 Å². The molecule has 124 valence electrons. The lowest BCUT2D eigenvalue weighted by atomic mass is 9.83. The number of aryl methyl sites for hydroxylation is 1. The smallest absolute Gasteiger partial charge is 0.269 e. The second kappa shape index (κ2) is 7.64. The van der Waals surface area contributed by atoms with Crippen LogP contribution in [0.25, 0.3) is 0 Å². The summed E-state index contributed by atoms with van der Waals surface area (Å²) in [4.78, 5) is 12.5. The molecule has 0 spiro atoms. The quantitative estimate of drug-likeness (QED) is 0.864. The zero-order valence-corrected chi connectivity index (χ0v) is 14.8. The summed E-state index contributed by atoms with van der Waals surface area (Å²) in [6.45, 7) is 8.95. The molecule has 0 saturated heterocycles. The van der Waals surface area contributed by atoms with Crippen LogP contribution in [0.2, 0.25) is 5.02 Å². The Bertz CT molecular complexity index is 666. The Labute approximate surface area is 142 Å². The molecule has 5 heteroatoms. The Morgan fingerprint density at radius 3 is 2.57 bits per heavy atom. The van der Waals surface area contributed by atoms with Crippen LogP contribution >= 0.6 is 11.6 Å². The van der Waals surface area contributed by atoms with Gasteiger partial charge in [-0.05, 0) is 37.5 Å². The number of aromatic nitrogens is 2. The highest BCUT2D eigenvalue weighted by Crippen LogP contribution is 2.33. The summed E-state index contributed by atoms with van der Waals surface area (Å²) in [5.74, 6) is 0.390. The Morgan fingerprint density at radius 2 is 1.96 bits per heavy atom. The molecule has 0 saturated carbocycles. The normalized spacial score (nSPS) is 13.8. The first-order valence-electron chi connectivity index (χ1n) is 8.02. The number of hydrogen-bond donors (Lipinski definition) is 1. The standard InChI is InChI=1S/C18H24ClN3O/c1-5-22-16(10-11-20-22)18(23)21-13(4)17(12(2)3)14-8-6-7-9-15(14)19/h6-13,17H,5H2,1-4H3,(H,21,23). The van der Waals surface area contributed by atoms with Gasteiger partial charge in [0.25, 0.3) is 5.91 Å². The van der Waals surface area contributed by atoms with Crippen LogP contribution in [-0.4, -0.2) is 21.7 Å². The topological polar surface area (TPSA) is 46.9 Å². The number of halogens is 1. The molecule has 0 aliphatic carbocycles.